The second-order valence-electron chi connectivity index (χ2n) is 6.74. The lowest BCUT2D eigenvalue weighted by molar-refractivity contribution is -0.167. The number of rotatable bonds is 6. The van der Waals surface area contributed by atoms with E-state index in [1.807, 2.05) is 0 Å². The minimum Gasteiger partial charge on any atom is -0.322 e. The zero-order valence-corrected chi connectivity index (χ0v) is 14.5. The van der Waals surface area contributed by atoms with Crippen molar-refractivity contribution >= 4 is 23.5 Å². The van der Waals surface area contributed by atoms with Crippen LogP contribution in [0.25, 0.3) is 0 Å². The van der Waals surface area contributed by atoms with Gasteiger partial charge in [-0.15, -0.1) is 0 Å². The maximum atomic E-state index is 13.0. The van der Waals surface area contributed by atoms with Crippen molar-refractivity contribution in [3.8, 4) is 0 Å². The van der Waals surface area contributed by atoms with Crippen molar-refractivity contribution < 1.29 is 36.7 Å². The summed E-state index contributed by atoms with van der Waals surface area (Å²) in [5, 5.41) is 2.18. The first-order chi connectivity index (χ1) is 13.1. The van der Waals surface area contributed by atoms with Crippen LogP contribution >= 0.6 is 0 Å². The number of hydrogen-bond donors (Lipinski definition) is 1. The smallest absolute Gasteiger partial charge is 0.322 e. The summed E-state index contributed by atoms with van der Waals surface area (Å²) in [7, 11) is 0. The number of benzene rings is 1. The number of nitrogens with zero attached hydrogens (tertiary/aromatic N) is 1. The Morgan fingerprint density at radius 1 is 1.25 bits per heavy atom. The second kappa shape index (κ2) is 7.33. The molecule has 10 heteroatoms. The van der Waals surface area contributed by atoms with Crippen LogP contribution in [0.4, 0.5) is 17.6 Å². The highest BCUT2D eigenvalue weighted by Crippen LogP contribution is 2.29. The molecule has 3 rings (SSSR count). The predicted octanol–water partition coefficient (Wildman–Crippen LogP) is 1.85. The molecule has 0 bridgehead atoms. The molecule has 3 amide bonds. The molecule has 2 aliphatic rings. The van der Waals surface area contributed by atoms with Crippen molar-refractivity contribution in [3.63, 3.8) is 0 Å². The van der Waals surface area contributed by atoms with Gasteiger partial charge in [-0.05, 0) is 30.0 Å². The molecular formula is C18H16F4N2O4. The van der Waals surface area contributed by atoms with Crippen LogP contribution in [0.15, 0.2) is 18.2 Å². The average molecular weight is 400 g/mol. The molecule has 0 aromatic heterocycles. The van der Waals surface area contributed by atoms with Gasteiger partial charge >= 0.3 is 12.3 Å². The number of imide groups is 1. The van der Waals surface area contributed by atoms with E-state index in [4.69, 9.17) is 0 Å². The molecule has 6 nitrogen and oxygen atoms in total. The van der Waals surface area contributed by atoms with Crippen LogP contribution in [0, 0.1) is 0 Å². The number of alkyl halides is 4. The predicted molar refractivity (Wildman–Crippen MR) is 86.8 cm³/mol. The minimum atomic E-state index is -4.69. The van der Waals surface area contributed by atoms with Crippen molar-refractivity contribution in [3.05, 3.63) is 34.9 Å². The van der Waals surface area contributed by atoms with Crippen LogP contribution in [0.1, 0.15) is 40.7 Å². The molecular weight excluding hydrogens is 384 g/mol. The molecule has 0 spiro atoms. The lowest BCUT2D eigenvalue weighted by Crippen LogP contribution is -2.52. The Kier molecular flexibility index (Phi) is 5.22. The van der Waals surface area contributed by atoms with Crippen LogP contribution in [-0.2, 0) is 27.3 Å². The zero-order chi connectivity index (χ0) is 20.6. The Morgan fingerprint density at radius 2 is 1.96 bits per heavy atom. The van der Waals surface area contributed by atoms with E-state index in [1.165, 1.54) is 23.1 Å². The number of carbonyl (C=O) groups excluding carboxylic acids is 4. The second-order valence-corrected chi connectivity index (χ2v) is 6.74. The normalized spacial score (nSPS) is 19.8. The summed E-state index contributed by atoms with van der Waals surface area (Å²) in [6.45, 7) is 0.0927. The van der Waals surface area contributed by atoms with Crippen molar-refractivity contribution in [1.29, 1.82) is 0 Å². The number of aryl methyl sites for hydroxylation is 1. The molecule has 0 saturated carbocycles. The molecule has 0 aliphatic carbocycles. The van der Waals surface area contributed by atoms with Gasteiger partial charge in [-0.3, -0.25) is 24.5 Å². The van der Waals surface area contributed by atoms with Crippen molar-refractivity contribution in [1.82, 2.24) is 10.2 Å². The summed E-state index contributed by atoms with van der Waals surface area (Å²) in [6, 6.07) is 3.66. The van der Waals surface area contributed by atoms with E-state index >= 15 is 0 Å². The third-order valence-corrected chi connectivity index (χ3v) is 4.87. The van der Waals surface area contributed by atoms with Gasteiger partial charge in [-0.1, -0.05) is 12.1 Å². The fourth-order valence-electron chi connectivity index (χ4n) is 3.33. The number of fused-ring (bicyclic) bond motifs is 1. The van der Waals surface area contributed by atoms with Gasteiger partial charge in [-0.25, -0.2) is 8.78 Å². The van der Waals surface area contributed by atoms with Crippen LogP contribution in [0.3, 0.4) is 0 Å². The van der Waals surface area contributed by atoms with Crippen molar-refractivity contribution in [2.24, 2.45) is 0 Å². The van der Waals surface area contributed by atoms with Gasteiger partial charge in [0.1, 0.15) is 6.04 Å². The molecule has 28 heavy (non-hydrogen) atoms. The first-order valence-corrected chi connectivity index (χ1v) is 8.57. The van der Waals surface area contributed by atoms with Gasteiger partial charge in [0.25, 0.3) is 5.91 Å². The highest BCUT2D eigenvalue weighted by Gasteiger charge is 2.47. The van der Waals surface area contributed by atoms with Crippen LogP contribution < -0.4 is 5.32 Å². The van der Waals surface area contributed by atoms with Crippen LogP contribution in [0.5, 0.6) is 0 Å². The maximum Gasteiger partial charge on any atom is 0.364 e. The summed E-state index contributed by atoms with van der Waals surface area (Å²) in [4.78, 5) is 48.4. The number of piperidine rings is 1. The summed E-state index contributed by atoms with van der Waals surface area (Å²) in [5.74, 6) is -7.88. The van der Waals surface area contributed by atoms with E-state index in [2.05, 4.69) is 5.32 Å². The monoisotopic (exact) mass is 400 g/mol. The Labute approximate surface area is 156 Å². The molecule has 1 N–H and O–H groups in total. The van der Waals surface area contributed by atoms with Gasteiger partial charge in [0.05, 0.1) is 0 Å². The number of carbonyl (C=O) groups is 4. The van der Waals surface area contributed by atoms with E-state index in [-0.39, 0.29) is 25.8 Å². The molecule has 1 unspecified atom stereocenters. The molecule has 1 atom stereocenters. The first kappa shape index (κ1) is 20.0. The fourth-order valence-corrected chi connectivity index (χ4v) is 3.33. The molecule has 2 aliphatic heterocycles. The van der Waals surface area contributed by atoms with Crippen molar-refractivity contribution in [2.75, 3.05) is 0 Å². The minimum absolute atomic E-state index is 0.0927. The number of nitrogens with one attached hydrogen (secondary N) is 1. The third kappa shape index (κ3) is 3.63. The van der Waals surface area contributed by atoms with E-state index in [0.29, 0.717) is 16.7 Å². The molecule has 2 heterocycles. The van der Waals surface area contributed by atoms with E-state index < -0.39 is 48.3 Å². The highest BCUT2D eigenvalue weighted by atomic mass is 19.3. The van der Waals surface area contributed by atoms with Gasteiger partial charge in [-0.2, -0.15) is 8.78 Å². The Balaban J connectivity index is 1.69. The lowest BCUT2D eigenvalue weighted by atomic mass is 10.0. The topological polar surface area (TPSA) is 83.6 Å². The molecule has 1 aromatic carbocycles. The fraction of sp³-hybridized carbons (Fsp3) is 0.444. The number of ketones is 1. The van der Waals surface area contributed by atoms with E-state index in [0.717, 1.165) is 0 Å². The molecule has 150 valence electrons. The Hall–Kier alpha value is -2.78. The zero-order valence-electron chi connectivity index (χ0n) is 14.5. The number of amides is 3. The van der Waals surface area contributed by atoms with Crippen molar-refractivity contribution in [2.45, 2.75) is 50.6 Å². The maximum absolute atomic E-state index is 13.0. The Bertz CT molecular complexity index is 856. The standard InChI is InChI=1S/C18H16F4N2O4/c19-17(20)18(21,22)13(25)5-2-9-1-3-11-10(7-9)8-24(16(11)28)12-4-6-14(26)23-15(12)27/h1,3,7,12,17H,2,4-6,8H2,(H,23,26,27). The summed E-state index contributed by atoms with van der Waals surface area (Å²) in [6.07, 6.45) is -4.68. The third-order valence-electron chi connectivity index (χ3n) is 4.87. The van der Waals surface area contributed by atoms with Crippen LogP contribution in [0.2, 0.25) is 0 Å². The summed E-state index contributed by atoms with van der Waals surface area (Å²) in [5.41, 5.74) is 1.31. The molecule has 1 aromatic rings. The van der Waals surface area contributed by atoms with Gasteiger partial charge in [0, 0.05) is 24.9 Å². The molecule has 1 fully saturated rings. The van der Waals surface area contributed by atoms with E-state index in [9.17, 15) is 36.7 Å². The average Bonchev–Trinajstić information content (AvgIpc) is 2.95. The SMILES string of the molecule is O=C1CCC(N2Cc3cc(CCC(=O)C(F)(F)C(F)F)ccc3C2=O)C(=O)N1. The first-order valence-electron chi connectivity index (χ1n) is 8.57. The van der Waals surface area contributed by atoms with Crippen LogP contribution in [-0.4, -0.2) is 46.8 Å². The number of Topliss-reactive ketones (excluding diaryl/α,β-unsaturated/α-hetero) is 1. The molecule has 0 radical (unpaired) electrons. The number of hydrogen-bond acceptors (Lipinski definition) is 4. The van der Waals surface area contributed by atoms with E-state index in [1.54, 1.807) is 0 Å². The number of halogens is 4. The lowest BCUT2D eigenvalue weighted by Gasteiger charge is -2.29. The Morgan fingerprint density at radius 3 is 2.61 bits per heavy atom. The molecule has 1 saturated heterocycles. The van der Waals surface area contributed by atoms with Gasteiger partial charge < -0.3 is 4.90 Å². The largest absolute Gasteiger partial charge is 0.364 e. The van der Waals surface area contributed by atoms with Gasteiger partial charge in [0.2, 0.25) is 17.6 Å². The highest BCUT2D eigenvalue weighted by molar-refractivity contribution is 6.05. The quantitative estimate of drug-likeness (QED) is 0.584. The van der Waals surface area contributed by atoms with Gasteiger partial charge in [0.15, 0.2) is 0 Å². The summed E-state index contributed by atoms with van der Waals surface area (Å²) < 4.78 is 50.5. The summed E-state index contributed by atoms with van der Waals surface area (Å²) >= 11 is 0.